The van der Waals surface area contributed by atoms with E-state index in [1.54, 1.807) is 12.1 Å². The molecule has 2 N–H and O–H groups in total. The molecule has 0 bridgehead atoms. The van der Waals surface area contributed by atoms with E-state index >= 15 is 0 Å². The van der Waals surface area contributed by atoms with Crippen LogP contribution in [0.4, 0.5) is 20.2 Å². The molecule has 2 aromatic rings. The highest BCUT2D eigenvalue weighted by atomic mass is 19.1. The second-order valence-electron chi connectivity index (χ2n) is 7.98. The van der Waals surface area contributed by atoms with Crippen molar-refractivity contribution in [2.75, 3.05) is 10.6 Å². The molecular formula is C21H24F2N2O2. The van der Waals surface area contributed by atoms with Gasteiger partial charge in [-0.05, 0) is 49.1 Å². The van der Waals surface area contributed by atoms with Gasteiger partial charge >= 0.3 is 0 Å². The fourth-order valence-electron chi connectivity index (χ4n) is 2.31. The molecule has 0 fully saturated rings. The summed E-state index contributed by atoms with van der Waals surface area (Å²) in [5, 5.41) is 5.03. The number of hydrogen-bond acceptors (Lipinski definition) is 2. The summed E-state index contributed by atoms with van der Waals surface area (Å²) in [7, 11) is 0. The highest BCUT2D eigenvalue weighted by Crippen LogP contribution is 2.26. The van der Waals surface area contributed by atoms with E-state index in [1.165, 1.54) is 13.8 Å². The quantitative estimate of drug-likeness (QED) is 0.751. The summed E-state index contributed by atoms with van der Waals surface area (Å²) in [6, 6.07) is 10.2. The third-order valence-electron chi connectivity index (χ3n) is 4.32. The first kappa shape index (κ1) is 20.6. The zero-order chi connectivity index (χ0) is 20.4. The third kappa shape index (κ3) is 4.90. The average Bonchev–Trinajstić information content (AvgIpc) is 2.56. The molecule has 0 aliphatic carbocycles. The van der Waals surface area contributed by atoms with E-state index in [4.69, 9.17) is 0 Å². The lowest BCUT2D eigenvalue weighted by Crippen LogP contribution is -2.41. The maximum absolute atomic E-state index is 13.7. The maximum atomic E-state index is 13.7. The van der Waals surface area contributed by atoms with Crippen LogP contribution in [0.2, 0.25) is 0 Å². The number of hydrogen-bond donors (Lipinski definition) is 2. The second-order valence-corrected chi connectivity index (χ2v) is 7.98. The van der Waals surface area contributed by atoms with Crippen molar-refractivity contribution in [3.63, 3.8) is 0 Å². The van der Waals surface area contributed by atoms with E-state index in [0.29, 0.717) is 11.8 Å². The van der Waals surface area contributed by atoms with Crippen molar-refractivity contribution in [2.45, 2.75) is 40.0 Å². The Morgan fingerprint density at radius 3 is 1.89 bits per heavy atom. The molecule has 0 radical (unpaired) electrons. The second kappa shape index (κ2) is 7.47. The Kier molecular flexibility index (Phi) is 5.68. The van der Waals surface area contributed by atoms with Crippen molar-refractivity contribution >= 4 is 23.2 Å². The van der Waals surface area contributed by atoms with Gasteiger partial charge in [0.05, 0.1) is 5.69 Å². The Hall–Kier alpha value is -2.76. The number of carbonyl (C=O) groups is 2. The normalized spacial score (nSPS) is 11.8. The zero-order valence-electron chi connectivity index (χ0n) is 16.1. The van der Waals surface area contributed by atoms with Crippen LogP contribution >= 0.6 is 0 Å². The predicted molar refractivity (Wildman–Crippen MR) is 103 cm³/mol. The van der Waals surface area contributed by atoms with Gasteiger partial charge in [0.15, 0.2) is 0 Å². The number of nitrogens with one attached hydrogen (secondary N) is 2. The maximum Gasteiger partial charge on any atom is 0.239 e. The van der Waals surface area contributed by atoms with Crippen LogP contribution in [0.15, 0.2) is 42.5 Å². The molecule has 0 spiro atoms. The molecule has 0 saturated carbocycles. The van der Waals surface area contributed by atoms with Crippen molar-refractivity contribution in [3.8, 4) is 0 Å². The average molecular weight is 374 g/mol. The molecule has 0 aliphatic heterocycles. The summed E-state index contributed by atoms with van der Waals surface area (Å²) in [5.41, 5.74) is 0.00713. The van der Waals surface area contributed by atoms with Crippen LogP contribution in [0.3, 0.4) is 0 Å². The summed E-state index contributed by atoms with van der Waals surface area (Å²) < 4.78 is 26.7. The van der Waals surface area contributed by atoms with Crippen LogP contribution in [0.5, 0.6) is 0 Å². The van der Waals surface area contributed by atoms with Crippen LogP contribution in [0.1, 0.15) is 40.2 Å². The van der Waals surface area contributed by atoms with E-state index in [-0.39, 0.29) is 11.1 Å². The van der Waals surface area contributed by atoms with E-state index < -0.39 is 28.9 Å². The van der Waals surface area contributed by atoms with E-state index in [0.717, 1.165) is 17.7 Å². The molecule has 0 aromatic heterocycles. The van der Waals surface area contributed by atoms with Gasteiger partial charge in [0.1, 0.15) is 17.0 Å². The Morgan fingerprint density at radius 1 is 0.815 bits per heavy atom. The van der Waals surface area contributed by atoms with Gasteiger partial charge in [0.25, 0.3) is 0 Å². The molecule has 0 heterocycles. The van der Waals surface area contributed by atoms with E-state index in [1.807, 2.05) is 12.1 Å². The lowest BCUT2D eigenvalue weighted by molar-refractivity contribution is -0.135. The molecule has 2 aromatic carbocycles. The molecule has 2 amide bonds. The Balaban J connectivity index is 2.10. The Labute approximate surface area is 158 Å². The lowest BCUT2D eigenvalue weighted by atomic mass is 9.87. The summed E-state index contributed by atoms with van der Waals surface area (Å²) in [4.78, 5) is 25.0. The standard InChI is InChI=1S/C21H24F2N2O2/c1-20(2,3)13-6-9-15(10-7-13)24-18(26)21(4,5)19(27)25-17-11-8-14(22)12-16(17)23/h6-12H,1-5H3,(H,24,26)(H,25,27). The van der Waals surface area contributed by atoms with Gasteiger partial charge in [0, 0.05) is 11.8 Å². The van der Waals surface area contributed by atoms with E-state index in [2.05, 4.69) is 31.4 Å². The predicted octanol–water partition coefficient (Wildman–Crippen LogP) is 4.87. The largest absolute Gasteiger partial charge is 0.325 e. The molecule has 0 unspecified atom stereocenters. The molecule has 0 saturated heterocycles. The number of benzene rings is 2. The van der Waals surface area contributed by atoms with Crippen LogP contribution in [0.25, 0.3) is 0 Å². The van der Waals surface area contributed by atoms with Crippen LogP contribution < -0.4 is 10.6 Å². The van der Waals surface area contributed by atoms with Gasteiger partial charge in [-0.15, -0.1) is 0 Å². The number of anilines is 2. The monoisotopic (exact) mass is 374 g/mol. The minimum atomic E-state index is -1.47. The van der Waals surface area contributed by atoms with Gasteiger partial charge < -0.3 is 10.6 Å². The first-order chi connectivity index (χ1) is 12.4. The third-order valence-corrected chi connectivity index (χ3v) is 4.32. The summed E-state index contributed by atoms with van der Waals surface area (Å²) in [6.07, 6.45) is 0. The SMILES string of the molecule is CC(C)(C(=O)Nc1ccc(C(C)(C)C)cc1)C(=O)Nc1ccc(F)cc1F. The molecule has 6 heteroatoms. The van der Waals surface area contributed by atoms with Crippen LogP contribution in [-0.4, -0.2) is 11.8 Å². The minimum absolute atomic E-state index is 0.0130. The number of rotatable bonds is 4. The van der Waals surface area contributed by atoms with Crippen molar-refractivity contribution in [1.29, 1.82) is 0 Å². The molecule has 4 nitrogen and oxygen atoms in total. The Morgan fingerprint density at radius 2 is 1.37 bits per heavy atom. The summed E-state index contributed by atoms with van der Waals surface area (Å²) in [5.74, 6) is -2.89. The molecule has 2 rings (SSSR count). The number of amides is 2. The fourth-order valence-corrected chi connectivity index (χ4v) is 2.31. The van der Waals surface area contributed by atoms with Crippen LogP contribution in [0, 0.1) is 17.0 Å². The summed E-state index contributed by atoms with van der Waals surface area (Å²) >= 11 is 0. The van der Waals surface area contributed by atoms with E-state index in [9.17, 15) is 18.4 Å². The van der Waals surface area contributed by atoms with Gasteiger partial charge in [0.2, 0.25) is 11.8 Å². The zero-order valence-corrected chi connectivity index (χ0v) is 16.1. The molecular weight excluding hydrogens is 350 g/mol. The highest BCUT2D eigenvalue weighted by Gasteiger charge is 2.36. The highest BCUT2D eigenvalue weighted by molar-refractivity contribution is 6.14. The van der Waals surface area contributed by atoms with Gasteiger partial charge in [-0.2, -0.15) is 0 Å². The molecule has 0 aliphatic rings. The van der Waals surface area contributed by atoms with Crippen LogP contribution in [-0.2, 0) is 15.0 Å². The van der Waals surface area contributed by atoms with Crippen molar-refractivity contribution in [1.82, 2.24) is 0 Å². The number of halogens is 2. The van der Waals surface area contributed by atoms with Crippen molar-refractivity contribution < 1.29 is 18.4 Å². The minimum Gasteiger partial charge on any atom is -0.325 e. The first-order valence-electron chi connectivity index (χ1n) is 8.60. The molecule has 27 heavy (non-hydrogen) atoms. The number of carbonyl (C=O) groups excluding carboxylic acids is 2. The van der Waals surface area contributed by atoms with Crippen molar-refractivity contribution in [2.24, 2.45) is 5.41 Å². The smallest absolute Gasteiger partial charge is 0.239 e. The first-order valence-corrected chi connectivity index (χ1v) is 8.60. The van der Waals surface area contributed by atoms with Gasteiger partial charge in [-0.1, -0.05) is 32.9 Å². The summed E-state index contributed by atoms with van der Waals surface area (Å²) in [6.45, 7) is 9.12. The Bertz CT molecular complexity index is 853. The lowest BCUT2D eigenvalue weighted by Gasteiger charge is -2.23. The van der Waals surface area contributed by atoms with Gasteiger partial charge in [-0.3, -0.25) is 9.59 Å². The topological polar surface area (TPSA) is 58.2 Å². The molecule has 0 atom stereocenters. The molecule has 144 valence electrons. The van der Waals surface area contributed by atoms with Gasteiger partial charge in [-0.25, -0.2) is 8.78 Å². The fraction of sp³-hybridized carbons (Fsp3) is 0.333. The van der Waals surface area contributed by atoms with Crippen molar-refractivity contribution in [3.05, 3.63) is 59.7 Å².